The fraction of sp³-hybridized carbons (Fsp3) is 0.750. The monoisotopic (exact) mass is 514 g/mol. The second-order valence-corrected chi connectivity index (χ2v) is 25.6. The molecule has 0 aromatic heterocycles. The molecular weight excluding hydrogens is 465 g/mol. The first kappa shape index (κ1) is 25.9. The summed E-state index contributed by atoms with van der Waals surface area (Å²) < 4.78 is 14.1. The summed E-state index contributed by atoms with van der Waals surface area (Å²) in [6, 6.07) is 8.64. The van der Waals surface area contributed by atoms with Crippen molar-refractivity contribution < 1.29 is 7.53 Å². The van der Waals surface area contributed by atoms with Crippen LogP contribution in [0.3, 0.4) is 0 Å². The number of hydrogen-bond donors (Lipinski definition) is 0. The van der Waals surface area contributed by atoms with Crippen molar-refractivity contribution in [1.82, 2.24) is 0 Å². The van der Waals surface area contributed by atoms with Gasteiger partial charge < -0.3 is 0 Å². The third-order valence-corrected chi connectivity index (χ3v) is 26.2. The van der Waals surface area contributed by atoms with Crippen molar-refractivity contribution in [3.05, 3.63) is 24.3 Å². The minimum absolute atomic E-state index is 1.07. The minimum atomic E-state index is -2.36. The molecular formula is C24H46Ge2O2. The first-order chi connectivity index (χ1) is 13.5. The van der Waals surface area contributed by atoms with E-state index < -0.39 is 27.2 Å². The van der Waals surface area contributed by atoms with Crippen LogP contribution in [0.25, 0.3) is 0 Å². The molecule has 0 bridgehead atoms. The topological polar surface area (TPSA) is 18.5 Å². The Balaban J connectivity index is 3.22. The van der Waals surface area contributed by atoms with Crippen molar-refractivity contribution in [3.8, 4) is 11.5 Å². The van der Waals surface area contributed by atoms with E-state index in [0.29, 0.717) is 0 Å². The van der Waals surface area contributed by atoms with E-state index in [-0.39, 0.29) is 0 Å². The third-order valence-electron chi connectivity index (χ3n) is 5.74. The zero-order valence-corrected chi connectivity index (χ0v) is 23.8. The third kappa shape index (κ3) is 7.97. The van der Waals surface area contributed by atoms with Gasteiger partial charge in [-0.2, -0.15) is 0 Å². The van der Waals surface area contributed by atoms with Gasteiger partial charge in [-0.05, 0) is 0 Å². The van der Waals surface area contributed by atoms with Gasteiger partial charge in [0.05, 0.1) is 0 Å². The number of rotatable bonds is 16. The van der Waals surface area contributed by atoms with Crippen LogP contribution in [0.15, 0.2) is 24.3 Å². The zero-order valence-electron chi connectivity index (χ0n) is 19.6. The molecule has 0 heterocycles. The van der Waals surface area contributed by atoms with Crippen LogP contribution in [0.5, 0.6) is 11.5 Å². The van der Waals surface area contributed by atoms with Crippen LogP contribution in [0, 0.1) is 0 Å². The molecule has 0 N–H and O–H groups in total. The van der Waals surface area contributed by atoms with Crippen molar-refractivity contribution in [2.24, 2.45) is 0 Å². The van der Waals surface area contributed by atoms with Crippen molar-refractivity contribution >= 4 is 27.2 Å². The second kappa shape index (κ2) is 14.0. The summed E-state index contributed by atoms with van der Waals surface area (Å²) in [5, 5.41) is 7.84. The van der Waals surface area contributed by atoms with Crippen molar-refractivity contribution in [2.75, 3.05) is 0 Å². The summed E-state index contributed by atoms with van der Waals surface area (Å²) in [6.45, 7) is 13.9. The number of benzene rings is 1. The maximum absolute atomic E-state index is 7.03. The van der Waals surface area contributed by atoms with Gasteiger partial charge in [-0.15, -0.1) is 0 Å². The van der Waals surface area contributed by atoms with Gasteiger partial charge in [0.2, 0.25) is 0 Å². The molecule has 0 aliphatic carbocycles. The van der Waals surface area contributed by atoms with E-state index in [1.54, 1.807) is 0 Å². The Morgan fingerprint density at radius 1 is 0.500 bits per heavy atom. The Labute approximate surface area is 181 Å². The van der Waals surface area contributed by atoms with Crippen LogP contribution in [0.1, 0.15) is 80.1 Å². The molecule has 1 aromatic rings. The molecule has 0 atom stereocenters. The van der Waals surface area contributed by atoms with Gasteiger partial charge >= 0.3 is 182 Å². The van der Waals surface area contributed by atoms with Gasteiger partial charge in [-0.25, -0.2) is 0 Å². The standard InChI is InChI=1S/C24H46Ge2O2/c1-7-17-25(18-8-2,19-9-3)27-23-15-13-14-16-24(23)28-26(20-10-4,21-11-5)22-12-6/h13-16H,7-12,17-22H2,1-6H3. The van der Waals surface area contributed by atoms with E-state index in [0.717, 1.165) is 11.5 Å². The summed E-state index contributed by atoms with van der Waals surface area (Å²) in [7, 11) is 0. The zero-order chi connectivity index (χ0) is 20.9. The Bertz CT molecular complexity index is 452. The van der Waals surface area contributed by atoms with E-state index in [9.17, 15) is 0 Å². The van der Waals surface area contributed by atoms with Crippen LogP contribution >= 0.6 is 0 Å². The van der Waals surface area contributed by atoms with Crippen LogP contribution < -0.4 is 7.53 Å². The van der Waals surface area contributed by atoms with Crippen LogP contribution in [0.4, 0.5) is 0 Å². The molecule has 0 saturated heterocycles. The summed E-state index contributed by atoms with van der Waals surface area (Å²) in [6.07, 6.45) is 7.45. The summed E-state index contributed by atoms with van der Waals surface area (Å²) in [5.41, 5.74) is 0. The van der Waals surface area contributed by atoms with Gasteiger partial charge in [-0.1, -0.05) is 0 Å². The second-order valence-electron chi connectivity index (χ2n) is 8.52. The predicted molar refractivity (Wildman–Crippen MR) is 130 cm³/mol. The fourth-order valence-corrected chi connectivity index (χ4v) is 23.4. The Hall–Kier alpha value is -0.0943. The average Bonchev–Trinajstić information content (AvgIpc) is 2.65. The summed E-state index contributed by atoms with van der Waals surface area (Å²) in [5.74, 6) is 2.13. The van der Waals surface area contributed by atoms with Gasteiger partial charge in [0.25, 0.3) is 0 Å². The molecule has 1 aromatic carbocycles. The molecule has 28 heavy (non-hydrogen) atoms. The number of para-hydroxylation sites is 2. The molecule has 0 spiro atoms. The number of hydrogen-bond acceptors (Lipinski definition) is 2. The van der Waals surface area contributed by atoms with E-state index >= 15 is 0 Å². The molecule has 0 unspecified atom stereocenters. The van der Waals surface area contributed by atoms with E-state index in [1.807, 2.05) is 0 Å². The normalized spacial score (nSPS) is 12.2. The molecule has 0 fully saturated rings. The van der Waals surface area contributed by atoms with Gasteiger partial charge in [0, 0.05) is 0 Å². The van der Waals surface area contributed by atoms with Crippen molar-refractivity contribution in [2.45, 2.75) is 112 Å². The summed E-state index contributed by atoms with van der Waals surface area (Å²) in [4.78, 5) is 0. The molecule has 4 heteroatoms. The Morgan fingerprint density at radius 3 is 0.964 bits per heavy atom. The molecule has 0 aliphatic heterocycles. The first-order valence-electron chi connectivity index (χ1n) is 12.0. The molecule has 0 amide bonds. The summed E-state index contributed by atoms with van der Waals surface area (Å²) >= 11 is -4.71. The Morgan fingerprint density at radius 2 is 0.750 bits per heavy atom. The quantitative estimate of drug-likeness (QED) is 0.206. The first-order valence-corrected chi connectivity index (χ1v) is 22.6. The molecule has 0 saturated carbocycles. The van der Waals surface area contributed by atoms with E-state index in [1.165, 1.54) is 70.0 Å². The van der Waals surface area contributed by atoms with E-state index in [2.05, 4.69) is 65.8 Å². The molecule has 162 valence electrons. The van der Waals surface area contributed by atoms with Crippen LogP contribution in [-0.4, -0.2) is 27.2 Å². The van der Waals surface area contributed by atoms with Gasteiger partial charge in [0.1, 0.15) is 0 Å². The van der Waals surface area contributed by atoms with Crippen molar-refractivity contribution in [1.29, 1.82) is 0 Å². The van der Waals surface area contributed by atoms with E-state index in [4.69, 9.17) is 7.53 Å². The average molecular weight is 512 g/mol. The molecule has 0 aliphatic rings. The SMILES string of the molecule is CC[CH2][Ge]([CH2]CC)([CH2]CC)[O]c1ccccc1[O][Ge]([CH2]CC)([CH2]CC)[CH2]CC. The van der Waals surface area contributed by atoms with Gasteiger partial charge in [0.15, 0.2) is 0 Å². The molecule has 0 radical (unpaired) electrons. The van der Waals surface area contributed by atoms with Crippen LogP contribution in [-0.2, 0) is 0 Å². The van der Waals surface area contributed by atoms with Crippen molar-refractivity contribution in [3.63, 3.8) is 0 Å². The molecule has 1 rings (SSSR count). The van der Waals surface area contributed by atoms with Gasteiger partial charge in [-0.3, -0.25) is 0 Å². The predicted octanol–water partition coefficient (Wildman–Crippen LogP) is 8.80. The maximum atomic E-state index is 7.03. The molecule has 2 nitrogen and oxygen atoms in total. The Kier molecular flexibility index (Phi) is 13.0. The fourth-order valence-electron chi connectivity index (χ4n) is 4.88. The van der Waals surface area contributed by atoms with Crippen LogP contribution in [0.2, 0.25) is 31.5 Å².